The van der Waals surface area contributed by atoms with E-state index in [2.05, 4.69) is 11.6 Å². The Balaban J connectivity index is 6.05. The summed E-state index contributed by atoms with van der Waals surface area (Å²) in [6.45, 7) is 12.9. The van der Waals surface area contributed by atoms with Crippen molar-refractivity contribution in [1.29, 1.82) is 0 Å². The Hall–Kier alpha value is -1.50. The van der Waals surface area contributed by atoms with Gasteiger partial charge < -0.3 is 4.74 Å². The second-order valence-electron chi connectivity index (χ2n) is 5.57. The van der Waals surface area contributed by atoms with Gasteiger partial charge in [-0.25, -0.2) is 9.38 Å². The topological polar surface area (TPSA) is 21.6 Å². The fourth-order valence-corrected chi connectivity index (χ4v) is 2.82. The van der Waals surface area contributed by atoms with Crippen LogP contribution in [0, 0.1) is 5.92 Å². The molecule has 0 rings (SSSR count). The third kappa shape index (κ3) is 7.40. The highest BCUT2D eigenvalue weighted by Gasteiger charge is 2.40. The first-order chi connectivity index (χ1) is 12.0. The number of aliphatic imine (C=N–C) groups is 1. The fraction of sp³-hybridized carbons (Fsp3) is 0.526. The van der Waals surface area contributed by atoms with E-state index >= 15 is 0 Å². The van der Waals surface area contributed by atoms with E-state index in [0.717, 1.165) is 24.5 Å². The van der Waals surface area contributed by atoms with E-state index in [1.165, 1.54) is 11.8 Å². The molecule has 7 heteroatoms. The van der Waals surface area contributed by atoms with E-state index in [1.807, 2.05) is 13.8 Å². The van der Waals surface area contributed by atoms with Gasteiger partial charge in [-0.3, -0.25) is 0 Å². The molecule has 1 atom stereocenters. The van der Waals surface area contributed by atoms with Crippen LogP contribution in [0.5, 0.6) is 0 Å². The molecule has 148 valence electrons. The number of nitrogens with zero attached hydrogens (tertiary/aromatic N) is 1. The molecular formula is C19H27F4NOS. The summed E-state index contributed by atoms with van der Waals surface area (Å²) in [5.74, 6) is -1.95. The predicted octanol–water partition coefficient (Wildman–Crippen LogP) is 7.33. The van der Waals surface area contributed by atoms with E-state index in [1.54, 1.807) is 26.8 Å². The van der Waals surface area contributed by atoms with Gasteiger partial charge in [0.1, 0.15) is 5.83 Å². The van der Waals surface area contributed by atoms with E-state index in [4.69, 9.17) is 4.74 Å². The fourth-order valence-electron chi connectivity index (χ4n) is 1.86. The van der Waals surface area contributed by atoms with Crippen LogP contribution in [0.15, 0.2) is 50.8 Å². The van der Waals surface area contributed by atoms with Crippen LogP contribution < -0.4 is 0 Å². The van der Waals surface area contributed by atoms with Gasteiger partial charge in [-0.15, -0.1) is 0 Å². The van der Waals surface area contributed by atoms with Gasteiger partial charge in [0.25, 0.3) is 0 Å². The van der Waals surface area contributed by atoms with Gasteiger partial charge in [0.05, 0.1) is 12.8 Å². The maximum atomic E-state index is 14.0. The Morgan fingerprint density at radius 2 is 1.88 bits per heavy atom. The van der Waals surface area contributed by atoms with E-state index in [9.17, 15) is 17.6 Å². The summed E-state index contributed by atoms with van der Waals surface area (Å²) in [4.78, 5) is 5.44. The molecule has 0 aromatic heterocycles. The van der Waals surface area contributed by atoms with Crippen LogP contribution in [0.4, 0.5) is 17.6 Å². The summed E-state index contributed by atoms with van der Waals surface area (Å²) in [6, 6.07) is 0. The van der Waals surface area contributed by atoms with Gasteiger partial charge in [0.2, 0.25) is 5.88 Å². The van der Waals surface area contributed by atoms with Crippen molar-refractivity contribution in [2.75, 3.05) is 7.11 Å². The minimum Gasteiger partial charge on any atom is -0.480 e. The molecule has 0 radical (unpaired) electrons. The lowest BCUT2D eigenvalue weighted by molar-refractivity contribution is -0.0944. The zero-order valence-corrected chi connectivity index (χ0v) is 16.9. The first-order valence-electron chi connectivity index (χ1n) is 8.33. The highest BCUT2D eigenvalue weighted by molar-refractivity contribution is 8.07. The lowest BCUT2D eigenvalue weighted by Crippen LogP contribution is -2.16. The van der Waals surface area contributed by atoms with Gasteiger partial charge >= 0.3 is 6.18 Å². The molecular weight excluding hydrogens is 366 g/mol. The first kappa shape index (κ1) is 24.5. The molecule has 0 amide bonds. The Morgan fingerprint density at radius 1 is 1.31 bits per heavy atom. The summed E-state index contributed by atoms with van der Waals surface area (Å²) in [5, 5.41) is 0. The standard InChI is InChI=1S/C19H27F4NOS/c1-8-11-15(20)17(19(21,22)23)18(25-7)24-13(5)16(10-3)26-14(6)12(4)9-2/h10-12H,6,8-9H2,1-5,7H3/b15-11-,16-10-,18-17-,24-13+. The molecule has 0 bridgehead atoms. The maximum Gasteiger partial charge on any atom is 0.424 e. The van der Waals surface area contributed by atoms with Crippen LogP contribution in [0.3, 0.4) is 0 Å². The van der Waals surface area contributed by atoms with Crippen LogP contribution in [0.2, 0.25) is 0 Å². The minimum absolute atomic E-state index is 0.121. The van der Waals surface area contributed by atoms with Gasteiger partial charge in [-0.1, -0.05) is 45.2 Å². The van der Waals surface area contributed by atoms with Crippen molar-refractivity contribution in [2.24, 2.45) is 10.9 Å². The van der Waals surface area contributed by atoms with Crippen LogP contribution in [0.25, 0.3) is 0 Å². The molecule has 0 heterocycles. The zero-order chi connectivity index (χ0) is 20.5. The van der Waals surface area contributed by atoms with Crippen molar-refractivity contribution in [3.05, 3.63) is 45.8 Å². The van der Waals surface area contributed by atoms with E-state index in [0.29, 0.717) is 10.6 Å². The highest BCUT2D eigenvalue weighted by Crippen LogP contribution is 2.37. The van der Waals surface area contributed by atoms with Gasteiger partial charge in [-0.2, -0.15) is 13.2 Å². The van der Waals surface area contributed by atoms with Crippen molar-refractivity contribution in [2.45, 2.75) is 53.6 Å². The number of ether oxygens (including phenoxy) is 1. The van der Waals surface area contributed by atoms with Gasteiger partial charge in [-0.05, 0) is 43.6 Å². The Morgan fingerprint density at radius 3 is 2.27 bits per heavy atom. The molecule has 0 saturated carbocycles. The molecule has 0 saturated heterocycles. The molecule has 0 aliphatic rings. The number of thioether (sulfide) groups is 1. The predicted molar refractivity (Wildman–Crippen MR) is 103 cm³/mol. The van der Waals surface area contributed by atoms with E-state index < -0.39 is 23.5 Å². The van der Waals surface area contributed by atoms with Crippen LogP contribution in [0.1, 0.15) is 47.5 Å². The SMILES string of the molecule is C=C(SC(=C\C)/C(C)=N/C(OC)=C(\C(F)=C\CC)C(F)(F)F)C(C)CC. The molecule has 26 heavy (non-hydrogen) atoms. The van der Waals surface area contributed by atoms with Crippen molar-refractivity contribution >= 4 is 17.5 Å². The third-order valence-corrected chi connectivity index (χ3v) is 5.02. The molecule has 0 N–H and O–H groups in total. The molecule has 0 aromatic rings. The Labute approximate surface area is 157 Å². The second kappa shape index (κ2) is 11.3. The first-order valence-corrected chi connectivity index (χ1v) is 9.15. The van der Waals surface area contributed by atoms with Crippen molar-refractivity contribution in [1.82, 2.24) is 0 Å². The summed E-state index contributed by atoms with van der Waals surface area (Å²) in [6.07, 6.45) is -1.32. The third-order valence-electron chi connectivity index (χ3n) is 3.60. The van der Waals surface area contributed by atoms with Crippen LogP contribution in [-0.4, -0.2) is 19.0 Å². The maximum absolute atomic E-state index is 14.0. The summed E-state index contributed by atoms with van der Waals surface area (Å²) in [7, 11) is 1.04. The highest BCUT2D eigenvalue weighted by atomic mass is 32.2. The normalized spacial score (nSPS) is 16.3. The van der Waals surface area contributed by atoms with E-state index in [-0.39, 0.29) is 12.3 Å². The zero-order valence-electron chi connectivity index (χ0n) is 16.1. The smallest absolute Gasteiger partial charge is 0.424 e. The summed E-state index contributed by atoms with van der Waals surface area (Å²) in [5.41, 5.74) is -1.22. The average Bonchev–Trinajstić information content (AvgIpc) is 2.56. The second-order valence-corrected chi connectivity index (χ2v) is 6.74. The number of hydrogen-bond donors (Lipinski definition) is 0. The van der Waals surface area contributed by atoms with Crippen LogP contribution >= 0.6 is 11.8 Å². The number of alkyl halides is 3. The van der Waals surface area contributed by atoms with Crippen molar-refractivity contribution < 1.29 is 22.3 Å². The number of allylic oxidation sites excluding steroid dienone is 6. The van der Waals surface area contributed by atoms with Crippen molar-refractivity contribution in [3.8, 4) is 0 Å². The Bertz CT molecular complexity index is 616. The summed E-state index contributed by atoms with van der Waals surface area (Å²) >= 11 is 1.34. The lowest BCUT2D eigenvalue weighted by atomic mass is 10.1. The largest absolute Gasteiger partial charge is 0.480 e. The van der Waals surface area contributed by atoms with Crippen molar-refractivity contribution in [3.63, 3.8) is 0 Å². The molecule has 0 aromatic carbocycles. The molecule has 0 spiro atoms. The quantitative estimate of drug-likeness (QED) is 0.177. The molecule has 0 aliphatic heterocycles. The van der Waals surface area contributed by atoms with Crippen LogP contribution in [-0.2, 0) is 4.74 Å². The summed E-state index contributed by atoms with van der Waals surface area (Å²) < 4.78 is 58.7. The Kier molecular flexibility index (Phi) is 10.6. The number of hydrogen-bond acceptors (Lipinski definition) is 3. The monoisotopic (exact) mass is 393 g/mol. The average molecular weight is 393 g/mol. The number of rotatable bonds is 9. The lowest BCUT2D eigenvalue weighted by Gasteiger charge is -2.16. The van der Waals surface area contributed by atoms with Gasteiger partial charge in [0.15, 0.2) is 5.57 Å². The minimum atomic E-state index is -4.92. The molecule has 0 aliphatic carbocycles. The molecule has 2 nitrogen and oxygen atoms in total. The van der Waals surface area contributed by atoms with Gasteiger partial charge in [0, 0.05) is 4.91 Å². The molecule has 1 unspecified atom stereocenters. The number of halogens is 4. The molecule has 0 fully saturated rings. The number of methoxy groups -OCH3 is 1.